The van der Waals surface area contributed by atoms with Gasteiger partial charge in [0.1, 0.15) is 6.20 Å². The summed E-state index contributed by atoms with van der Waals surface area (Å²) in [5.74, 6) is 0.679. The van der Waals surface area contributed by atoms with Crippen molar-refractivity contribution in [1.29, 1.82) is 0 Å². The molecule has 1 heterocycles. The minimum absolute atomic E-state index is 0.0753. The van der Waals surface area contributed by atoms with Gasteiger partial charge in [-0.1, -0.05) is 20.8 Å². The van der Waals surface area contributed by atoms with Crippen molar-refractivity contribution < 1.29 is 4.92 Å². The third-order valence-electron chi connectivity index (χ3n) is 2.13. The van der Waals surface area contributed by atoms with E-state index in [-0.39, 0.29) is 17.3 Å². The molecule has 1 aromatic heterocycles. The van der Waals surface area contributed by atoms with Gasteiger partial charge in [0, 0.05) is 11.5 Å². The van der Waals surface area contributed by atoms with E-state index < -0.39 is 4.92 Å². The molecule has 0 fully saturated rings. The maximum Gasteiger partial charge on any atom is 0.381 e. The van der Waals surface area contributed by atoms with E-state index in [4.69, 9.17) is 0 Å². The summed E-state index contributed by atoms with van der Waals surface area (Å²) in [6, 6.07) is 0.181. The summed E-state index contributed by atoms with van der Waals surface area (Å²) in [6.07, 6.45) is 1.51. The van der Waals surface area contributed by atoms with Crippen LogP contribution < -0.4 is 0 Å². The minimum atomic E-state index is -0.450. The molecule has 5 nitrogen and oxygen atoms in total. The molecule has 0 aliphatic rings. The van der Waals surface area contributed by atoms with Crippen molar-refractivity contribution in [3.63, 3.8) is 0 Å². The van der Waals surface area contributed by atoms with Crippen molar-refractivity contribution in [1.82, 2.24) is 9.55 Å². The Morgan fingerprint density at radius 2 is 2.00 bits per heavy atom. The molecule has 5 heteroatoms. The molecule has 84 valence electrons. The lowest BCUT2D eigenvalue weighted by Gasteiger charge is -2.17. The fourth-order valence-corrected chi connectivity index (χ4v) is 1.42. The van der Waals surface area contributed by atoms with Crippen LogP contribution in [0.4, 0.5) is 5.82 Å². The minimum Gasteiger partial charge on any atom is -0.358 e. The maximum atomic E-state index is 10.6. The largest absolute Gasteiger partial charge is 0.381 e. The van der Waals surface area contributed by atoms with Crippen LogP contribution in [-0.4, -0.2) is 14.5 Å². The number of rotatable bonds is 2. The molecule has 0 N–H and O–H groups in total. The van der Waals surface area contributed by atoms with Crippen molar-refractivity contribution in [2.75, 3.05) is 0 Å². The standard InChI is InChI=1S/C10H17N3O2/c1-7(2)12-6-8(13(14)15)11-9(12)10(3,4)5/h6-7H,1-5H3. The third-order valence-corrected chi connectivity index (χ3v) is 2.13. The normalized spacial score (nSPS) is 12.1. The Morgan fingerprint density at radius 3 is 2.27 bits per heavy atom. The number of hydrogen-bond acceptors (Lipinski definition) is 3. The second kappa shape index (κ2) is 3.64. The molecule has 15 heavy (non-hydrogen) atoms. The molecule has 1 rings (SSSR count). The van der Waals surface area contributed by atoms with Gasteiger partial charge < -0.3 is 14.7 Å². The van der Waals surface area contributed by atoms with Gasteiger partial charge in [0.2, 0.25) is 5.82 Å². The highest BCUT2D eigenvalue weighted by Gasteiger charge is 2.29. The van der Waals surface area contributed by atoms with Crippen molar-refractivity contribution in [3.05, 3.63) is 22.1 Å². The van der Waals surface area contributed by atoms with Gasteiger partial charge in [0.25, 0.3) is 0 Å². The van der Waals surface area contributed by atoms with E-state index in [0.717, 1.165) is 5.82 Å². The Bertz CT molecular complexity index is 375. The quantitative estimate of drug-likeness (QED) is 0.558. The highest BCUT2D eigenvalue weighted by atomic mass is 16.6. The van der Waals surface area contributed by atoms with Crippen LogP contribution in [0.5, 0.6) is 0 Å². The Kier molecular flexibility index (Phi) is 2.83. The van der Waals surface area contributed by atoms with Gasteiger partial charge in [0.15, 0.2) is 0 Å². The molecule has 0 unspecified atom stereocenters. The topological polar surface area (TPSA) is 61.0 Å². The van der Waals surface area contributed by atoms with Gasteiger partial charge in [0.05, 0.1) is 0 Å². The van der Waals surface area contributed by atoms with Crippen molar-refractivity contribution >= 4 is 5.82 Å². The van der Waals surface area contributed by atoms with Crippen LogP contribution in [0.2, 0.25) is 0 Å². The molecule has 0 amide bonds. The summed E-state index contributed by atoms with van der Waals surface area (Å²) in [6.45, 7) is 9.97. The Balaban J connectivity index is 3.30. The fourth-order valence-electron chi connectivity index (χ4n) is 1.42. The average molecular weight is 211 g/mol. The van der Waals surface area contributed by atoms with Crippen LogP contribution in [0.1, 0.15) is 46.5 Å². The molecular weight excluding hydrogens is 194 g/mol. The summed E-state index contributed by atoms with van der Waals surface area (Å²) in [7, 11) is 0. The average Bonchev–Trinajstić information content (AvgIpc) is 2.45. The van der Waals surface area contributed by atoms with E-state index in [1.165, 1.54) is 6.20 Å². The second-order valence-corrected chi connectivity index (χ2v) is 4.93. The zero-order chi connectivity index (χ0) is 11.8. The van der Waals surface area contributed by atoms with Crippen LogP contribution in [0.15, 0.2) is 6.20 Å². The molecule has 0 saturated heterocycles. The molecule has 0 spiro atoms. The molecule has 0 aliphatic carbocycles. The zero-order valence-electron chi connectivity index (χ0n) is 9.81. The smallest absolute Gasteiger partial charge is 0.358 e. The molecule has 1 aromatic rings. The summed E-state index contributed by atoms with van der Waals surface area (Å²) in [5.41, 5.74) is -0.182. The molecule has 0 atom stereocenters. The monoisotopic (exact) mass is 211 g/mol. The van der Waals surface area contributed by atoms with Crippen LogP contribution in [0.25, 0.3) is 0 Å². The van der Waals surface area contributed by atoms with E-state index in [1.807, 2.05) is 39.2 Å². The molecule has 0 aromatic carbocycles. The van der Waals surface area contributed by atoms with Gasteiger partial charge in [-0.15, -0.1) is 0 Å². The third kappa shape index (κ3) is 2.34. The first-order valence-corrected chi connectivity index (χ1v) is 4.97. The van der Waals surface area contributed by atoms with E-state index >= 15 is 0 Å². The number of nitrogens with zero attached hydrogens (tertiary/aromatic N) is 3. The summed E-state index contributed by atoms with van der Waals surface area (Å²) < 4.78 is 1.86. The summed E-state index contributed by atoms with van der Waals surface area (Å²) in [5, 5.41) is 10.6. The number of aromatic nitrogens is 2. The fraction of sp³-hybridized carbons (Fsp3) is 0.700. The first kappa shape index (κ1) is 11.7. The van der Waals surface area contributed by atoms with E-state index in [1.54, 1.807) is 0 Å². The van der Waals surface area contributed by atoms with Gasteiger partial charge in [-0.2, -0.15) is 0 Å². The lowest BCUT2D eigenvalue weighted by molar-refractivity contribution is -0.389. The second-order valence-electron chi connectivity index (χ2n) is 4.93. The Labute approximate surface area is 89.3 Å². The molecule has 0 bridgehead atoms. The molecule has 0 aliphatic heterocycles. The van der Waals surface area contributed by atoms with Gasteiger partial charge in [-0.3, -0.25) is 0 Å². The van der Waals surface area contributed by atoms with Gasteiger partial charge in [-0.05, 0) is 23.8 Å². The molecular formula is C10H17N3O2. The van der Waals surface area contributed by atoms with Crippen LogP contribution >= 0.6 is 0 Å². The SMILES string of the molecule is CC(C)n1cc([N+](=O)[O-])nc1C(C)(C)C. The van der Waals surface area contributed by atoms with Crippen LogP contribution in [0.3, 0.4) is 0 Å². The number of imidazole rings is 1. The van der Waals surface area contributed by atoms with E-state index in [9.17, 15) is 10.1 Å². The Hall–Kier alpha value is -1.39. The number of hydrogen-bond donors (Lipinski definition) is 0. The highest BCUT2D eigenvalue weighted by molar-refractivity contribution is 5.21. The van der Waals surface area contributed by atoms with Gasteiger partial charge >= 0.3 is 5.82 Å². The van der Waals surface area contributed by atoms with Crippen LogP contribution in [-0.2, 0) is 5.41 Å². The highest BCUT2D eigenvalue weighted by Crippen LogP contribution is 2.26. The predicted molar refractivity (Wildman–Crippen MR) is 58.0 cm³/mol. The van der Waals surface area contributed by atoms with Gasteiger partial charge in [-0.25, -0.2) is 0 Å². The zero-order valence-corrected chi connectivity index (χ0v) is 9.81. The first-order chi connectivity index (χ1) is 6.73. The summed E-state index contributed by atoms with van der Waals surface area (Å²) in [4.78, 5) is 14.3. The lowest BCUT2D eigenvalue weighted by Crippen LogP contribution is -2.19. The van der Waals surface area contributed by atoms with Crippen molar-refractivity contribution in [3.8, 4) is 0 Å². The van der Waals surface area contributed by atoms with Crippen molar-refractivity contribution in [2.45, 2.75) is 46.1 Å². The summed E-state index contributed by atoms with van der Waals surface area (Å²) >= 11 is 0. The van der Waals surface area contributed by atoms with E-state index in [0.29, 0.717) is 0 Å². The predicted octanol–water partition coefficient (Wildman–Crippen LogP) is 2.67. The number of nitro groups is 1. The lowest BCUT2D eigenvalue weighted by atomic mass is 9.95. The molecule has 0 saturated carbocycles. The van der Waals surface area contributed by atoms with Crippen LogP contribution in [0, 0.1) is 10.1 Å². The van der Waals surface area contributed by atoms with Crippen molar-refractivity contribution in [2.24, 2.45) is 0 Å². The maximum absolute atomic E-state index is 10.6. The Morgan fingerprint density at radius 1 is 1.47 bits per heavy atom. The molecule has 0 radical (unpaired) electrons. The van der Waals surface area contributed by atoms with E-state index in [2.05, 4.69) is 4.98 Å². The first-order valence-electron chi connectivity index (χ1n) is 4.97.